The number of thioether (sulfide) groups is 1. The molecule has 1 aliphatic rings. The minimum absolute atomic E-state index is 0.595. The average Bonchev–Trinajstić information content (AvgIpc) is 2.90. The van der Waals surface area contributed by atoms with Gasteiger partial charge in [0, 0.05) is 11.4 Å². The first-order valence-electron chi connectivity index (χ1n) is 5.80. The smallest absolute Gasteiger partial charge is 0.161 e. The molecule has 0 saturated carbocycles. The Kier molecular flexibility index (Phi) is 4.18. The lowest BCUT2D eigenvalue weighted by atomic mass is 9.98. The molecular weight excluding hydrogens is 234 g/mol. The van der Waals surface area contributed by atoms with Crippen LogP contribution in [0.25, 0.3) is 0 Å². The largest absolute Gasteiger partial charge is 0.493 e. The van der Waals surface area contributed by atoms with Crippen LogP contribution in [0.4, 0.5) is 0 Å². The SMILES string of the molecule is COc1cc(SC)c(C2CCNC2)cc1OC. The molecule has 1 unspecified atom stereocenters. The molecule has 0 amide bonds. The maximum absolute atomic E-state index is 5.38. The molecule has 1 aromatic carbocycles. The van der Waals surface area contributed by atoms with Gasteiger partial charge >= 0.3 is 0 Å². The van der Waals surface area contributed by atoms with Gasteiger partial charge in [-0.2, -0.15) is 0 Å². The van der Waals surface area contributed by atoms with Crippen molar-refractivity contribution < 1.29 is 9.47 Å². The second kappa shape index (κ2) is 5.65. The second-order valence-electron chi connectivity index (χ2n) is 4.14. The van der Waals surface area contributed by atoms with Crippen molar-refractivity contribution in [3.63, 3.8) is 0 Å². The monoisotopic (exact) mass is 253 g/mol. The highest BCUT2D eigenvalue weighted by molar-refractivity contribution is 7.98. The van der Waals surface area contributed by atoms with E-state index in [9.17, 15) is 0 Å². The molecule has 0 radical (unpaired) electrons. The zero-order chi connectivity index (χ0) is 12.3. The fourth-order valence-corrected chi connectivity index (χ4v) is 2.98. The molecule has 3 nitrogen and oxygen atoms in total. The van der Waals surface area contributed by atoms with Gasteiger partial charge in [0.15, 0.2) is 11.5 Å². The molecule has 1 aliphatic heterocycles. The van der Waals surface area contributed by atoms with Gasteiger partial charge in [-0.15, -0.1) is 11.8 Å². The molecule has 2 rings (SSSR count). The van der Waals surface area contributed by atoms with Crippen LogP contribution in [0.1, 0.15) is 17.9 Å². The zero-order valence-electron chi connectivity index (χ0n) is 10.6. The van der Waals surface area contributed by atoms with Crippen molar-refractivity contribution in [1.82, 2.24) is 5.32 Å². The Hall–Kier alpha value is -0.870. The van der Waals surface area contributed by atoms with Crippen molar-refractivity contribution in [2.45, 2.75) is 17.2 Å². The molecule has 1 atom stereocenters. The van der Waals surface area contributed by atoms with E-state index in [4.69, 9.17) is 9.47 Å². The summed E-state index contributed by atoms with van der Waals surface area (Å²) in [6.45, 7) is 2.16. The summed E-state index contributed by atoms with van der Waals surface area (Å²) in [5, 5.41) is 3.41. The highest BCUT2D eigenvalue weighted by Gasteiger charge is 2.21. The molecule has 1 N–H and O–H groups in total. The van der Waals surface area contributed by atoms with E-state index < -0.39 is 0 Å². The molecule has 94 valence electrons. The Bertz CT molecular complexity index is 389. The molecule has 1 heterocycles. The summed E-state index contributed by atoms with van der Waals surface area (Å²) in [6.07, 6.45) is 3.30. The highest BCUT2D eigenvalue weighted by atomic mass is 32.2. The van der Waals surface area contributed by atoms with Crippen LogP contribution in [0.3, 0.4) is 0 Å². The van der Waals surface area contributed by atoms with E-state index in [2.05, 4.69) is 23.7 Å². The van der Waals surface area contributed by atoms with Gasteiger partial charge < -0.3 is 14.8 Å². The fraction of sp³-hybridized carbons (Fsp3) is 0.538. The molecule has 1 fully saturated rings. The average molecular weight is 253 g/mol. The van der Waals surface area contributed by atoms with Crippen molar-refractivity contribution in [3.8, 4) is 11.5 Å². The molecule has 1 saturated heterocycles. The Morgan fingerprint density at radius 1 is 1.24 bits per heavy atom. The summed E-state index contributed by atoms with van der Waals surface area (Å²) in [5.41, 5.74) is 1.38. The van der Waals surface area contributed by atoms with E-state index in [1.165, 1.54) is 16.9 Å². The summed E-state index contributed by atoms with van der Waals surface area (Å²) in [6, 6.07) is 4.21. The Morgan fingerprint density at radius 3 is 2.47 bits per heavy atom. The third-order valence-corrected chi connectivity index (χ3v) is 4.03. The van der Waals surface area contributed by atoms with E-state index in [1.807, 2.05) is 0 Å². The third kappa shape index (κ3) is 2.53. The first-order chi connectivity index (χ1) is 8.30. The number of methoxy groups -OCH3 is 2. The normalized spacial score (nSPS) is 19.4. The van der Waals surface area contributed by atoms with Gasteiger partial charge in [0.05, 0.1) is 14.2 Å². The predicted octanol–water partition coefficient (Wildman–Crippen LogP) is 2.50. The van der Waals surface area contributed by atoms with Gasteiger partial charge in [-0.25, -0.2) is 0 Å². The van der Waals surface area contributed by atoms with Crippen LogP contribution in [0.15, 0.2) is 17.0 Å². The molecule has 0 aliphatic carbocycles. The van der Waals surface area contributed by atoms with Gasteiger partial charge in [0.2, 0.25) is 0 Å². The van der Waals surface area contributed by atoms with Crippen LogP contribution in [0, 0.1) is 0 Å². The number of rotatable bonds is 4. The third-order valence-electron chi connectivity index (χ3n) is 3.24. The Labute approximate surface area is 107 Å². The molecule has 0 aromatic heterocycles. The maximum atomic E-state index is 5.38. The number of benzene rings is 1. The van der Waals surface area contributed by atoms with Crippen molar-refractivity contribution in [2.24, 2.45) is 0 Å². The van der Waals surface area contributed by atoms with Crippen molar-refractivity contribution in [2.75, 3.05) is 33.6 Å². The van der Waals surface area contributed by atoms with Crippen LogP contribution in [0.2, 0.25) is 0 Å². The van der Waals surface area contributed by atoms with E-state index in [1.54, 1.807) is 26.0 Å². The minimum Gasteiger partial charge on any atom is -0.493 e. The molecule has 0 spiro atoms. The lowest BCUT2D eigenvalue weighted by Crippen LogP contribution is -2.08. The number of nitrogens with one attached hydrogen (secondary N) is 1. The topological polar surface area (TPSA) is 30.5 Å². The summed E-state index contributed by atoms with van der Waals surface area (Å²) in [7, 11) is 3.37. The van der Waals surface area contributed by atoms with Gasteiger partial charge in [-0.1, -0.05) is 0 Å². The second-order valence-corrected chi connectivity index (χ2v) is 4.99. The van der Waals surface area contributed by atoms with E-state index in [0.717, 1.165) is 24.6 Å². The van der Waals surface area contributed by atoms with Gasteiger partial charge in [-0.3, -0.25) is 0 Å². The lowest BCUT2D eigenvalue weighted by Gasteiger charge is -2.17. The maximum Gasteiger partial charge on any atom is 0.161 e. The van der Waals surface area contributed by atoms with E-state index in [0.29, 0.717) is 5.92 Å². The first-order valence-corrected chi connectivity index (χ1v) is 7.03. The van der Waals surface area contributed by atoms with Crippen LogP contribution in [-0.2, 0) is 0 Å². The van der Waals surface area contributed by atoms with E-state index >= 15 is 0 Å². The van der Waals surface area contributed by atoms with Crippen LogP contribution in [-0.4, -0.2) is 33.6 Å². The zero-order valence-corrected chi connectivity index (χ0v) is 11.4. The Balaban J connectivity index is 2.41. The number of ether oxygens (including phenoxy) is 2. The van der Waals surface area contributed by atoms with Crippen molar-refractivity contribution in [3.05, 3.63) is 17.7 Å². The molecule has 4 heteroatoms. The molecular formula is C13H19NO2S. The number of hydrogen-bond acceptors (Lipinski definition) is 4. The Morgan fingerprint density at radius 2 is 1.94 bits per heavy atom. The molecule has 0 bridgehead atoms. The highest BCUT2D eigenvalue weighted by Crippen LogP contribution is 2.39. The van der Waals surface area contributed by atoms with Gasteiger partial charge in [-0.05, 0) is 42.8 Å². The van der Waals surface area contributed by atoms with Crippen LogP contribution in [0.5, 0.6) is 11.5 Å². The summed E-state index contributed by atoms with van der Waals surface area (Å²) in [4.78, 5) is 1.29. The summed E-state index contributed by atoms with van der Waals surface area (Å²) >= 11 is 1.77. The van der Waals surface area contributed by atoms with Gasteiger partial charge in [0.1, 0.15) is 0 Å². The summed E-state index contributed by atoms with van der Waals surface area (Å²) < 4.78 is 10.7. The first kappa shape index (κ1) is 12.6. The minimum atomic E-state index is 0.595. The summed E-state index contributed by atoms with van der Waals surface area (Å²) in [5.74, 6) is 2.23. The number of hydrogen-bond donors (Lipinski definition) is 1. The van der Waals surface area contributed by atoms with Crippen LogP contribution < -0.4 is 14.8 Å². The van der Waals surface area contributed by atoms with Crippen LogP contribution >= 0.6 is 11.8 Å². The molecule has 17 heavy (non-hydrogen) atoms. The van der Waals surface area contributed by atoms with Crippen molar-refractivity contribution >= 4 is 11.8 Å². The standard InChI is InChI=1S/C13H19NO2S/c1-15-11-6-10(9-4-5-14-8-9)13(17-3)7-12(11)16-2/h6-7,9,14H,4-5,8H2,1-3H3. The van der Waals surface area contributed by atoms with Crippen molar-refractivity contribution in [1.29, 1.82) is 0 Å². The van der Waals surface area contributed by atoms with E-state index in [-0.39, 0.29) is 0 Å². The molecule has 1 aromatic rings. The predicted molar refractivity (Wildman–Crippen MR) is 71.6 cm³/mol. The quantitative estimate of drug-likeness (QED) is 0.835. The fourth-order valence-electron chi connectivity index (χ4n) is 2.29. The van der Waals surface area contributed by atoms with Gasteiger partial charge in [0.25, 0.3) is 0 Å². The lowest BCUT2D eigenvalue weighted by molar-refractivity contribution is 0.353.